The van der Waals surface area contributed by atoms with Crippen molar-refractivity contribution in [2.75, 3.05) is 20.3 Å². The third-order valence-electron chi connectivity index (χ3n) is 6.52. The minimum Gasteiger partial charge on any atom is -0.499 e. The highest BCUT2D eigenvalue weighted by Crippen LogP contribution is 2.31. The second kappa shape index (κ2) is 13.4. The molecule has 7 N–H and O–H groups in total. The normalized spacial score (nSPS) is 26.9. The minimum absolute atomic E-state index is 0.0116. The highest BCUT2D eigenvalue weighted by molar-refractivity contribution is 5.09. The van der Waals surface area contributed by atoms with Crippen molar-refractivity contribution in [3.8, 4) is 0 Å². The van der Waals surface area contributed by atoms with E-state index < -0.39 is 0 Å². The Bertz CT molecular complexity index is 561. The Balaban J connectivity index is 2.70. The second-order valence-electron chi connectivity index (χ2n) is 9.59. The number of ether oxygens (including phenoxy) is 2. The predicted octanol–water partition coefficient (Wildman–Crippen LogP) is 2.84. The van der Waals surface area contributed by atoms with Gasteiger partial charge in [0.2, 0.25) is 0 Å². The molecule has 1 unspecified atom stereocenters. The number of hydrogen-bond donors (Lipinski definition) is 4. The highest BCUT2D eigenvalue weighted by Gasteiger charge is 2.33. The Morgan fingerprint density at radius 1 is 1.20 bits per heavy atom. The summed E-state index contributed by atoms with van der Waals surface area (Å²) in [5.41, 5.74) is 13.5. The van der Waals surface area contributed by atoms with E-state index in [0.717, 1.165) is 25.0 Å². The van der Waals surface area contributed by atoms with E-state index in [9.17, 15) is 10.2 Å². The van der Waals surface area contributed by atoms with Crippen LogP contribution in [0.15, 0.2) is 23.1 Å². The lowest BCUT2D eigenvalue weighted by Gasteiger charge is -2.30. The van der Waals surface area contributed by atoms with E-state index in [-0.39, 0.29) is 30.8 Å². The minimum atomic E-state index is -0.376. The van der Waals surface area contributed by atoms with Gasteiger partial charge in [-0.3, -0.25) is 0 Å². The average molecular weight is 428 g/mol. The first-order chi connectivity index (χ1) is 14.1. The lowest BCUT2D eigenvalue weighted by molar-refractivity contribution is -0.207. The van der Waals surface area contributed by atoms with Crippen molar-refractivity contribution in [2.24, 2.45) is 35.1 Å². The summed E-state index contributed by atoms with van der Waals surface area (Å²) in [6.45, 7) is 11.5. The Morgan fingerprint density at radius 2 is 1.87 bits per heavy atom. The summed E-state index contributed by atoms with van der Waals surface area (Å²) in [5.74, 6) is 2.76. The summed E-state index contributed by atoms with van der Waals surface area (Å²) in [6.07, 6.45) is 6.18. The summed E-state index contributed by atoms with van der Waals surface area (Å²) < 4.78 is 10.2. The third-order valence-corrected chi connectivity index (χ3v) is 6.52. The lowest BCUT2D eigenvalue weighted by Crippen LogP contribution is -2.41. The van der Waals surface area contributed by atoms with Crippen molar-refractivity contribution in [2.45, 2.75) is 85.0 Å². The zero-order valence-electron chi connectivity index (χ0n) is 20.0. The van der Waals surface area contributed by atoms with Crippen LogP contribution in [0.3, 0.4) is 0 Å². The van der Waals surface area contributed by atoms with Crippen LogP contribution in [0.5, 0.6) is 0 Å². The van der Waals surface area contributed by atoms with Crippen LogP contribution in [0.1, 0.15) is 66.7 Å². The van der Waals surface area contributed by atoms with Gasteiger partial charge >= 0.3 is 0 Å². The predicted molar refractivity (Wildman–Crippen MR) is 124 cm³/mol. The van der Waals surface area contributed by atoms with Gasteiger partial charge in [-0.25, -0.2) is 0 Å². The fourth-order valence-electron chi connectivity index (χ4n) is 4.66. The largest absolute Gasteiger partial charge is 0.499 e. The number of nitrogens with two attached hydrogens (primary N) is 2. The maximum absolute atomic E-state index is 10.1. The van der Waals surface area contributed by atoms with Gasteiger partial charge in [-0.1, -0.05) is 33.8 Å². The molecule has 1 aliphatic rings. The zero-order chi connectivity index (χ0) is 22.8. The van der Waals surface area contributed by atoms with Crippen LogP contribution in [0.25, 0.3) is 0 Å². The summed E-state index contributed by atoms with van der Waals surface area (Å²) in [4.78, 5) is 0. The molecular formula is C24H47N2O4+. The van der Waals surface area contributed by atoms with Crippen molar-refractivity contribution >= 4 is 0 Å². The molecule has 0 bridgehead atoms. The van der Waals surface area contributed by atoms with Gasteiger partial charge in [0.25, 0.3) is 0 Å². The van der Waals surface area contributed by atoms with Crippen molar-refractivity contribution in [1.82, 2.24) is 0 Å². The van der Waals surface area contributed by atoms with E-state index in [4.69, 9.17) is 20.9 Å². The number of aliphatic hydroxyl groups excluding tert-OH is 2. The average Bonchev–Trinajstić information content (AvgIpc) is 2.70. The molecule has 0 saturated carbocycles. The summed E-state index contributed by atoms with van der Waals surface area (Å²) in [6, 6.07) is 0. The molecule has 1 saturated heterocycles. The van der Waals surface area contributed by atoms with Crippen molar-refractivity contribution in [1.29, 1.82) is 0 Å². The summed E-state index contributed by atoms with van der Waals surface area (Å²) in [7, 11) is 1.66. The number of aliphatic hydroxyl groups is 4. The molecule has 6 atom stereocenters. The molecule has 0 amide bonds. The van der Waals surface area contributed by atoms with Gasteiger partial charge in [0.15, 0.2) is 12.2 Å². The molecule has 0 aromatic rings. The van der Waals surface area contributed by atoms with Crippen LogP contribution in [-0.4, -0.2) is 53.5 Å². The van der Waals surface area contributed by atoms with Crippen molar-refractivity contribution < 1.29 is 19.7 Å². The molecular weight excluding hydrogens is 380 g/mol. The molecule has 0 aromatic carbocycles. The number of rotatable bonds is 12. The van der Waals surface area contributed by atoms with Crippen LogP contribution in [0, 0.1) is 23.7 Å². The summed E-state index contributed by atoms with van der Waals surface area (Å²) in [5, 5.41) is 19.5. The molecule has 1 fully saturated rings. The van der Waals surface area contributed by atoms with Gasteiger partial charge in [-0.15, -0.1) is 0 Å². The molecule has 176 valence electrons. The smallest absolute Gasteiger partial charge is 0.181 e. The molecule has 1 heterocycles. The van der Waals surface area contributed by atoms with E-state index in [2.05, 4.69) is 40.7 Å². The van der Waals surface area contributed by atoms with Gasteiger partial charge in [-0.05, 0) is 43.9 Å². The fraction of sp³-hybridized carbons (Fsp3) is 0.833. The summed E-state index contributed by atoms with van der Waals surface area (Å²) >= 11 is 0. The SMILES string of the molecule is CO/C(=C(\N)CN)[C@@H](C)C[C@H](C)C[C@H](C/C=C(/C)[C@H]1C[C@@H](O)CC(CO)[OH+]1)C(C)C. The van der Waals surface area contributed by atoms with Crippen LogP contribution in [0.2, 0.25) is 0 Å². The van der Waals surface area contributed by atoms with Crippen LogP contribution in [-0.2, 0) is 4.74 Å². The quantitative estimate of drug-likeness (QED) is 0.217. The first kappa shape index (κ1) is 27.0. The molecule has 0 aliphatic carbocycles. The van der Waals surface area contributed by atoms with E-state index in [1.54, 1.807) is 7.11 Å². The van der Waals surface area contributed by atoms with E-state index in [0.29, 0.717) is 42.8 Å². The molecule has 0 spiro atoms. The zero-order valence-corrected chi connectivity index (χ0v) is 20.0. The number of methoxy groups -OCH3 is 1. The van der Waals surface area contributed by atoms with Gasteiger partial charge in [0.1, 0.15) is 12.4 Å². The molecule has 1 aliphatic heterocycles. The molecule has 0 radical (unpaired) electrons. The standard InChI is InChI=1S/C24H46N2O4/c1-15(2)19(10-16(3)9-18(5)24(29-6)22(26)13-25)8-7-17(4)23-12-20(28)11-21(14-27)30-23/h7,15-16,18-21,23,27-28H,8-14,25-26H2,1-6H3/p+1/b17-7-,24-22-/t16-,18-,19-,20-,21?,23+/m0/s1. The third kappa shape index (κ3) is 8.58. The van der Waals surface area contributed by atoms with Crippen molar-refractivity contribution in [3.63, 3.8) is 0 Å². The molecule has 30 heavy (non-hydrogen) atoms. The van der Waals surface area contributed by atoms with E-state index in [1.165, 1.54) is 5.57 Å². The van der Waals surface area contributed by atoms with Crippen LogP contribution >= 0.6 is 0 Å². The Hall–Kier alpha value is -1.08. The van der Waals surface area contributed by atoms with Gasteiger partial charge in [0, 0.05) is 30.9 Å². The Morgan fingerprint density at radius 3 is 2.40 bits per heavy atom. The second-order valence-corrected chi connectivity index (χ2v) is 9.59. The number of allylic oxidation sites excluding steroid dienone is 2. The van der Waals surface area contributed by atoms with E-state index >= 15 is 0 Å². The molecule has 6 heteroatoms. The number of hydrogen-bond acceptors (Lipinski definition) is 5. The topological polar surface area (TPSA) is 115 Å². The van der Waals surface area contributed by atoms with Crippen LogP contribution < -0.4 is 11.5 Å². The van der Waals surface area contributed by atoms with Gasteiger partial charge < -0.3 is 31.2 Å². The maximum Gasteiger partial charge on any atom is 0.181 e. The Labute approximate surface area is 183 Å². The monoisotopic (exact) mass is 427 g/mol. The van der Waals surface area contributed by atoms with E-state index in [1.807, 2.05) is 0 Å². The maximum atomic E-state index is 10.1. The Kier molecular flexibility index (Phi) is 12.0. The molecule has 1 rings (SSSR count). The molecule has 0 aromatic heterocycles. The highest BCUT2D eigenvalue weighted by atomic mass is 16.5. The first-order valence-corrected chi connectivity index (χ1v) is 11.5. The lowest BCUT2D eigenvalue weighted by atomic mass is 9.81. The fourth-order valence-corrected chi connectivity index (χ4v) is 4.66. The van der Waals surface area contributed by atoms with Crippen LogP contribution in [0.4, 0.5) is 0 Å². The molecule has 6 nitrogen and oxygen atoms in total. The van der Waals surface area contributed by atoms with Crippen molar-refractivity contribution in [3.05, 3.63) is 23.1 Å². The van der Waals surface area contributed by atoms with Gasteiger partial charge in [-0.2, -0.15) is 0 Å². The first-order valence-electron chi connectivity index (χ1n) is 11.5. The van der Waals surface area contributed by atoms with Gasteiger partial charge in [0.05, 0.1) is 18.9 Å².